The van der Waals surface area contributed by atoms with E-state index in [0.717, 1.165) is 30.5 Å². The lowest BCUT2D eigenvalue weighted by Crippen LogP contribution is -2.12. The van der Waals surface area contributed by atoms with Crippen molar-refractivity contribution in [1.82, 2.24) is 25.2 Å². The lowest BCUT2D eigenvalue weighted by atomic mass is 10.1. The van der Waals surface area contributed by atoms with Gasteiger partial charge in [0.2, 0.25) is 5.91 Å². The molecule has 0 aliphatic heterocycles. The molecule has 2 heterocycles. The topological polar surface area (TPSA) is 98.7 Å². The molecule has 1 aliphatic rings. The molecular formula is C22H18F2N6O2. The Hall–Kier alpha value is -3.95. The van der Waals surface area contributed by atoms with Crippen LogP contribution >= 0.6 is 0 Å². The predicted molar refractivity (Wildman–Crippen MR) is 110 cm³/mol. The Morgan fingerprint density at radius 1 is 1.16 bits per heavy atom. The zero-order chi connectivity index (χ0) is 22.1. The van der Waals surface area contributed by atoms with Gasteiger partial charge in [0.15, 0.2) is 17.5 Å². The van der Waals surface area contributed by atoms with Gasteiger partial charge in [0.05, 0.1) is 17.8 Å². The monoisotopic (exact) mass is 436 g/mol. The second-order valence-corrected chi connectivity index (χ2v) is 7.52. The molecule has 10 heteroatoms. The molecule has 1 amide bonds. The molecule has 0 radical (unpaired) electrons. The number of aryl methyl sites for hydroxylation is 1. The number of tetrazole rings is 1. The fraction of sp³-hybridized carbons (Fsp3) is 0.227. The van der Waals surface area contributed by atoms with Gasteiger partial charge in [-0.05, 0) is 47.5 Å². The number of benzene rings is 2. The Bertz CT molecular complexity index is 1260. The van der Waals surface area contributed by atoms with E-state index in [1.165, 1.54) is 12.3 Å². The Balaban J connectivity index is 1.23. The summed E-state index contributed by atoms with van der Waals surface area (Å²) in [6.45, 7) is 0. The molecule has 0 unspecified atom stereocenters. The maximum Gasteiger partial charge on any atom is 0.224 e. The molecule has 8 nitrogen and oxygen atoms in total. The summed E-state index contributed by atoms with van der Waals surface area (Å²) >= 11 is 0. The summed E-state index contributed by atoms with van der Waals surface area (Å²) in [6, 6.07) is 11.2. The van der Waals surface area contributed by atoms with Crippen molar-refractivity contribution in [3.63, 3.8) is 0 Å². The number of carbonyl (C=O) groups excluding carboxylic acids is 1. The van der Waals surface area contributed by atoms with Crippen LogP contribution in [0.25, 0.3) is 22.7 Å². The van der Waals surface area contributed by atoms with Crippen molar-refractivity contribution in [3.8, 4) is 22.7 Å². The molecule has 0 atom stereocenters. The number of hydrogen-bond donors (Lipinski definition) is 1. The molecule has 1 saturated carbocycles. The van der Waals surface area contributed by atoms with E-state index in [4.69, 9.17) is 4.42 Å². The van der Waals surface area contributed by atoms with Crippen molar-refractivity contribution in [1.29, 1.82) is 0 Å². The summed E-state index contributed by atoms with van der Waals surface area (Å²) < 4.78 is 35.1. The SMILES string of the molecule is O=C(CCc1ncc(-c2c(F)cccc2F)o1)Nc1cccc(-c2nnnn2C2CC2)c1. The third-order valence-corrected chi connectivity index (χ3v) is 5.12. The van der Waals surface area contributed by atoms with Gasteiger partial charge in [-0.1, -0.05) is 18.2 Å². The van der Waals surface area contributed by atoms with Crippen molar-refractivity contribution in [2.45, 2.75) is 31.7 Å². The van der Waals surface area contributed by atoms with Gasteiger partial charge in [-0.25, -0.2) is 18.4 Å². The number of nitrogens with zero attached hydrogens (tertiary/aromatic N) is 5. The van der Waals surface area contributed by atoms with Crippen LogP contribution in [-0.4, -0.2) is 31.1 Å². The summed E-state index contributed by atoms with van der Waals surface area (Å²) in [5.41, 5.74) is 1.14. The average Bonchev–Trinajstić information content (AvgIpc) is 3.31. The van der Waals surface area contributed by atoms with Crippen LogP contribution in [0.15, 0.2) is 53.1 Å². The fourth-order valence-corrected chi connectivity index (χ4v) is 3.40. The molecule has 0 bridgehead atoms. The zero-order valence-electron chi connectivity index (χ0n) is 16.8. The minimum Gasteiger partial charge on any atom is -0.441 e. The number of rotatable bonds is 7. The molecule has 162 valence electrons. The number of anilines is 1. The van der Waals surface area contributed by atoms with Crippen LogP contribution in [0, 0.1) is 11.6 Å². The Morgan fingerprint density at radius 3 is 2.72 bits per heavy atom. The molecule has 32 heavy (non-hydrogen) atoms. The highest BCUT2D eigenvalue weighted by Gasteiger charge is 2.28. The van der Waals surface area contributed by atoms with Crippen LogP contribution in [0.2, 0.25) is 0 Å². The number of carbonyl (C=O) groups is 1. The summed E-state index contributed by atoms with van der Waals surface area (Å²) in [5.74, 6) is -0.861. The first-order valence-corrected chi connectivity index (χ1v) is 10.2. The van der Waals surface area contributed by atoms with Crippen LogP contribution < -0.4 is 5.32 Å². The van der Waals surface area contributed by atoms with Crippen molar-refractivity contribution >= 4 is 11.6 Å². The van der Waals surface area contributed by atoms with Gasteiger partial charge in [-0.15, -0.1) is 5.10 Å². The van der Waals surface area contributed by atoms with E-state index in [1.54, 1.807) is 10.7 Å². The Labute approximate surface area is 181 Å². The largest absolute Gasteiger partial charge is 0.441 e. The van der Waals surface area contributed by atoms with Crippen LogP contribution in [0.5, 0.6) is 0 Å². The predicted octanol–water partition coefficient (Wildman–Crippen LogP) is 4.18. The van der Waals surface area contributed by atoms with E-state index >= 15 is 0 Å². The van der Waals surface area contributed by atoms with E-state index in [1.807, 2.05) is 18.2 Å². The van der Waals surface area contributed by atoms with Crippen molar-refractivity contribution in [3.05, 3.63) is 66.2 Å². The smallest absolute Gasteiger partial charge is 0.224 e. The minimum absolute atomic E-state index is 0.0166. The molecule has 2 aromatic carbocycles. The Morgan fingerprint density at radius 2 is 1.94 bits per heavy atom. The minimum atomic E-state index is -0.738. The zero-order valence-corrected chi connectivity index (χ0v) is 16.8. The highest BCUT2D eigenvalue weighted by Crippen LogP contribution is 2.36. The van der Waals surface area contributed by atoms with Crippen molar-refractivity contribution in [2.24, 2.45) is 0 Å². The number of halogens is 2. The average molecular weight is 436 g/mol. The molecule has 4 aromatic rings. The van der Waals surface area contributed by atoms with Gasteiger partial charge in [0.25, 0.3) is 0 Å². The van der Waals surface area contributed by atoms with E-state index in [0.29, 0.717) is 17.6 Å². The maximum absolute atomic E-state index is 13.9. The molecular weight excluding hydrogens is 418 g/mol. The van der Waals surface area contributed by atoms with Gasteiger partial charge < -0.3 is 9.73 Å². The van der Waals surface area contributed by atoms with E-state index in [9.17, 15) is 13.6 Å². The third-order valence-electron chi connectivity index (χ3n) is 5.12. The molecule has 1 N–H and O–H groups in total. The first-order valence-electron chi connectivity index (χ1n) is 10.2. The number of nitrogens with one attached hydrogen (secondary N) is 1. The normalized spacial score (nSPS) is 13.3. The van der Waals surface area contributed by atoms with Gasteiger partial charge >= 0.3 is 0 Å². The van der Waals surface area contributed by atoms with E-state index in [-0.39, 0.29) is 36.0 Å². The van der Waals surface area contributed by atoms with Crippen LogP contribution in [0.3, 0.4) is 0 Å². The van der Waals surface area contributed by atoms with E-state index < -0.39 is 11.6 Å². The van der Waals surface area contributed by atoms with Crippen molar-refractivity contribution < 1.29 is 18.0 Å². The second-order valence-electron chi connectivity index (χ2n) is 7.52. The Kier molecular flexibility index (Phi) is 5.18. The highest BCUT2D eigenvalue weighted by atomic mass is 19.1. The first kappa shape index (κ1) is 20.0. The first-order chi connectivity index (χ1) is 15.6. The van der Waals surface area contributed by atoms with Gasteiger partial charge in [0, 0.05) is 24.1 Å². The van der Waals surface area contributed by atoms with Gasteiger partial charge in [0.1, 0.15) is 11.6 Å². The van der Waals surface area contributed by atoms with Crippen LogP contribution in [0.4, 0.5) is 14.5 Å². The molecule has 2 aromatic heterocycles. The lowest BCUT2D eigenvalue weighted by Gasteiger charge is -2.07. The highest BCUT2D eigenvalue weighted by molar-refractivity contribution is 5.91. The number of aromatic nitrogens is 5. The molecule has 0 saturated heterocycles. The maximum atomic E-state index is 13.9. The number of oxazole rings is 1. The second kappa shape index (κ2) is 8.29. The summed E-state index contributed by atoms with van der Waals surface area (Å²) in [4.78, 5) is 16.4. The van der Waals surface area contributed by atoms with Gasteiger partial charge in [-0.2, -0.15) is 0 Å². The summed E-state index contributed by atoms with van der Waals surface area (Å²) in [5, 5.41) is 14.7. The third kappa shape index (κ3) is 4.11. The van der Waals surface area contributed by atoms with Gasteiger partial charge in [-0.3, -0.25) is 4.79 Å². The summed E-state index contributed by atoms with van der Waals surface area (Å²) in [6.07, 6.45) is 3.63. The lowest BCUT2D eigenvalue weighted by molar-refractivity contribution is -0.116. The summed E-state index contributed by atoms with van der Waals surface area (Å²) in [7, 11) is 0. The van der Waals surface area contributed by atoms with Crippen LogP contribution in [-0.2, 0) is 11.2 Å². The number of amides is 1. The van der Waals surface area contributed by atoms with Crippen molar-refractivity contribution in [2.75, 3.05) is 5.32 Å². The standard InChI is InChI=1S/C22H18F2N6O2/c23-16-5-2-6-17(24)21(16)18-12-25-20(32-18)10-9-19(31)26-14-4-1-3-13(11-14)22-27-28-29-30(22)15-7-8-15/h1-6,11-12,15H,7-10H2,(H,26,31). The quantitative estimate of drug-likeness (QED) is 0.467. The molecule has 1 aliphatic carbocycles. The van der Waals surface area contributed by atoms with Crippen LogP contribution in [0.1, 0.15) is 31.2 Å². The fourth-order valence-electron chi connectivity index (χ4n) is 3.40. The molecule has 5 rings (SSSR count). The molecule has 0 spiro atoms. The van der Waals surface area contributed by atoms with E-state index in [2.05, 4.69) is 25.8 Å². The number of hydrogen-bond acceptors (Lipinski definition) is 6. The molecule has 1 fully saturated rings.